The van der Waals surface area contributed by atoms with Crippen LogP contribution in [0.25, 0.3) is 0 Å². The van der Waals surface area contributed by atoms with Crippen LogP contribution in [0.4, 0.5) is 0 Å². The highest BCUT2D eigenvalue weighted by molar-refractivity contribution is 5.69. The third kappa shape index (κ3) is 4.52. The molecule has 3 nitrogen and oxygen atoms in total. The highest BCUT2D eigenvalue weighted by atomic mass is 16.5. The van der Waals surface area contributed by atoms with Crippen molar-refractivity contribution < 1.29 is 14.6 Å². The number of aliphatic hydroxyl groups is 1. The molecular weight excluding hydrogens is 468 g/mol. The van der Waals surface area contributed by atoms with E-state index in [0.29, 0.717) is 35.2 Å². The first-order valence-electron chi connectivity index (χ1n) is 17.1. The van der Waals surface area contributed by atoms with Crippen molar-refractivity contribution in [1.29, 1.82) is 0 Å². The van der Waals surface area contributed by atoms with Crippen molar-refractivity contribution in [3.8, 4) is 0 Å². The second-order valence-electron chi connectivity index (χ2n) is 15.8. The van der Waals surface area contributed by atoms with E-state index in [0.717, 1.165) is 61.2 Å². The molecule has 5 aliphatic carbocycles. The normalized spacial score (nSPS) is 52.3. The van der Waals surface area contributed by atoms with E-state index >= 15 is 0 Å². The average molecular weight is 527 g/mol. The summed E-state index contributed by atoms with van der Waals surface area (Å²) in [5.74, 6) is 5.68. The van der Waals surface area contributed by atoms with Gasteiger partial charge in [0.2, 0.25) is 0 Å². The van der Waals surface area contributed by atoms with Gasteiger partial charge in [0.15, 0.2) is 0 Å². The second kappa shape index (κ2) is 10.7. The molecule has 1 spiro atoms. The Hall–Kier alpha value is -0.570. The number of hydrogen-bond donors (Lipinski definition) is 1. The zero-order chi connectivity index (χ0) is 26.5. The van der Waals surface area contributed by atoms with Gasteiger partial charge < -0.3 is 9.84 Å². The number of aliphatic hydroxyl groups excluding tert-OH is 1. The van der Waals surface area contributed by atoms with Gasteiger partial charge in [-0.3, -0.25) is 4.79 Å². The highest BCUT2D eigenvalue weighted by Gasteiger charge is 2.73. The molecule has 6 rings (SSSR count). The maximum atomic E-state index is 12.5. The Kier molecular flexibility index (Phi) is 7.76. The molecule has 4 unspecified atom stereocenters. The van der Waals surface area contributed by atoms with Gasteiger partial charge in [-0.1, -0.05) is 59.3 Å². The number of carbonyl (C=O) groups is 1. The van der Waals surface area contributed by atoms with E-state index in [4.69, 9.17) is 4.74 Å². The van der Waals surface area contributed by atoms with E-state index < -0.39 is 0 Å². The first-order valence-corrected chi connectivity index (χ1v) is 17.1. The summed E-state index contributed by atoms with van der Waals surface area (Å²) in [6.45, 7) is 8.48. The summed E-state index contributed by atoms with van der Waals surface area (Å²) in [5, 5.41) is 11.1. The largest absolute Gasteiger partial charge is 0.466 e. The standard InChI is InChI=1S/C35H58O3/c1-24-12-17-32(37)38-20-10-8-6-4-5-7-9-11-26-22-35(26)23-27(36)21-25-13-14-28-30-16-15-29(24)33(30,2)19-18-31(28)34(25,35)3/h24-31,36H,4-23H2,1-3H3/t24-,25?,26?,27+,28+,29-,30+,31?,33-,34+,35?/m1/s1. The van der Waals surface area contributed by atoms with Crippen LogP contribution >= 0.6 is 0 Å². The average Bonchev–Trinajstić information content (AvgIpc) is 3.45. The van der Waals surface area contributed by atoms with Crippen molar-refractivity contribution in [1.82, 2.24) is 0 Å². The van der Waals surface area contributed by atoms with Crippen LogP contribution in [0, 0.1) is 57.7 Å². The first-order chi connectivity index (χ1) is 18.3. The lowest BCUT2D eigenvalue weighted by Gasteiger charge is -2.64. The Balaban J connectivity index is 1.24. The molecule has 0 aromatic carbocycles. The Bertz CT molecular complexity index is 854. The van der Waals surface area contributed by atoms with Crippen molar-refractivity contribution in [3.05, 3.63) is 0 Å². The predicted molar refractivity (Wildman–Crippen MR) is 153 cm³/mol. The minimum Gasteiger partial charge on any atom is -0.466 e. The lowest BCUT2D eigenvalue weighted by molar-refractivity contribution is -0.171. The van der Waals surface area contributed by atoms with Gasteiger partial charge in [-0.05, 0) is 135 Å². The number of fused-ring (bicyclic) bond motifs is 2. The first kappa shape index (κ1) is 27.6. The van der Waals surface area contributed by atoms with Gasteiger partial charge in [0.1, 0.15) is 0 Å². The van der Waals surface area contributed by atoms with E-state index in [9.17, 15) is 9.90 Å². The van der Waals surface area contributed by atoms with Gasteiger partial charge in [-0.25, -0.2) is 0 Å². The molecule has 6 aliphatic rings. The monoisotopic (exact) mass is 526 g/mol. The molecule has 0 amide bonds. The van der Waals surface area contributed by atoms with Crippen molar-refractivity contribution >= 4 is 5.97 Å². The summed E-state index contributed by atoms with van der Waals surface area (Å²) in [6.07, 6.45) is 23.8. The summed E-state index contributed by atoms with van der Waals surface area (Å²) >= 11 is 0. The third-order valence-electron chi connectivity index (χ3n) is 14.4. The second-order valence-corrected chi connectivity index (χ2v) is 15.8. The highest BCUT2D eigenvalue weighted by Crippen LogP contribution is 2.79. The zero-order valence-electron chi connectivity index (χ0n) is 25.0. The molecule has 1 N–H and O–H groups in total. The number of esters is 1. The molecule has 0 aromatic heterocycles. The third-order valence-corrected chi connectivity index (χ3v) is 14.4. The van der Waals surface area contributed by atoms with Crippen LogP contribution in [-0.2, 0) is 9.53 Å². The van der Waals surface area contributed by atoms with Crippen LogP contribution in [0.1, 0.15) is 143 Å². The molecule has 216 valence electrons. The number of rotatable bonds is 0. The van der Waals surface area contributed by atoms with Crippen molar-refractivity contribution in [2.45, 2.75) is 149 Å². The number of ether oxygens (including phenoxy) is 1. The van der Waals surface area contributed by atoms with Crippen LogP contribution in [0.15, 0.2) is 0 Å². The van der Waals surface area contributed by atoms with E-state index in [2.05, 4.69) is 20.8 Å². The Morgan fingerprint density at radius 2 is 1.50 bits per heavy atom. The molecule has 38 heavy (non-hydrogen) atoms. The number of hydrogen-bond acceptors (Lipinski definition) is 3. The van der Waals surface area contributed by atoms with Crippen LogP contribution in [0.2, 0.25) is 0 Å². The molecule has 2 bridgehead atoms. The fourth-order valence-corrected chi connectivity index (χ4v) is 12.4. The summed E-state index contributed by atoms with van der Waals surface area (Å²) in [4.78, 5) is 12.5. The van der Waals surface area contributed by atoms with Crippen molar-refractivity contribution in [2.75, 3.05) is 6.61 Å². The SMILES string of the molecule is C[C@@H]1CCC(=O)OCCCCCCCCCC2CC23C[C@@H](O)CC2CC[C@@H]4C(CC[C@]5(C)[C@@H]1CC[C@@H]45)[C@]23C. The zero-order valence-corrected chi connectivity index (χ0v) is 25.0. The van der Waals surface area contributed by atoms with Crippen LogP contribution < -0.4 is 0 Å². The van der Waals surface area contributed by atoms with Crippen molar-refractivity contribution in [2.24, 2.45) is 57.7 Å². The van der Waals surface area contributed by atoms with Crippen LogP contribution in [0.5, 0.6) is 0 Å². The van der Waals surface area contributed by atoms with Crippen LogP contribution in [-0.4, -0.2) is 23.8 Å². The topological polar surface area (TPSA) is 46.5 Å². The summed E-state index contributed by atoms with van der Waals surface area (Å²) < 4.78 is 5.64. The molecule has 5 saturated carbocycles. The van der Waals surface area contributed by atoms with Gasteiger partial charge in [-0.15, -0.1) is 0 Å². The maximum absolute atomic E-state index is 12.5. The minimum atomic E-state index is -0.0505. The lowest BCUT2D eigenvalue weighted by atomic mass is 9.40. The quantitative estimate of drug-likeness (QED) is 0.321. The molecular formula is C35H58O3. The molecule has 11 atom stereocenters. The van der Waals surface area contributed by atoms with E-state index in [1.165, 1.54) is 89.9 Å². The minimum absolute atomic E-state index is 0.0393. The van der Waals surface area contributed by atoms with E-state index in [1.807, 2.05) is 0 Å². The smallest absolute Gasteiger partial charge is 0.305 e. The van der Waals surface area contributed by atoms with Gasteiger partial charge in [0.25, 0.3) is 0 Å². The van der Waals surface area contributed by atoms with Crippen LogP contribution in [0.3, 0.4) is 0 Å². The molecule has 0 radical (unpaired) electrons. The van der Waals surface area contributed by atoms with Crippen molar-refractivity contribution in [3.63, 3.8) is 0 Å². The molecule has 1 aliphatic heterocycles. The fraction of sp³-hybridized carbons (Fsp3) is 0.971. The van der Waals surface area contributed by atoms with Gasteiger partial charge >= 0.3 is 5.97 Å². The summed E-state index contributed by atoms with van der Waals surface area (Å²) in [5.41, 5.74) is 1.34. The Morgan fingerprint density at radius 3 is 2.32 bits per heavy atom. The molecule has 6 fully saturated rings. The Labute approximate surface area is 233 Å². The van der Waals surface area contributed by atoms with E-state index in [1.54, 1.807) is 0 Å². The molecule has 1 saturated heterocycles. The van der Waals surface area contributed by atoms with Gasteiger partial charge in [0.05, 0.1) is 12.7 Å². The summed E-state index contributed by atoms with van der Waals surface area (Å²) in [6, 6.07) is 0. The molecule has 0 aromatic rings. The maximum Gasteiger partial charge on any atom is 0.305 e. The fourth-order valence-electron chi connectivity index (χ4n) is 12.4. The van der Waals surface area contributed by atoms with Gasteiger partial charge in [0, 0.05) is 6.42 Å². The lowest BCUT2D eigenvalue weighted by Crippen LogP contribution is -2.58. The predicted octanol–water partition coefficient (Wildman–Crippen LogP) is 8.72. The number of cyclic esters (lactones) is 1. The Morgan fingerprint density at radius 1 is 0.763 bits per heavy atom. The molecule has 3 heteroatoms. The number of carbonyl (C=O) groups excluding carboxylic acids is 1. The summed E-state index contributed by atoms with van der Waals surface area (Å²) in [7, 11) is 0. The van der Waals surface area contributed by atoms with E-state index in [-0.39, 0.29) is 12.1 Å². The molecule has 1 heterocycles. The van der Waals surface area contributed by atoms with Gasteiger partial charge in [-0.2, -0.15) is 0 Å².